The summed E-state index contributed by atoms with van der Waals surface area (Å²) in [6.45, 7) is 0. The summed E-state index contributed by atoms with van der Waals surface area (Å²) in [4.78, 5) is 28.3. The first-order valence-corrected chi connectivity index (χ1v) is 9.12. The summed E-state index contributed by atoms with van der Waals surface area (Å²) in [5, 5.41) is 14.0. The fourth-order valence-corrected chi connectivity index (χ4v) is 3.26. The molecular formula is C21H18FN5O3. The first kappa shape index (κ1) is 19.3. The summed E-state index contributed by atoms with van der Waals surface area (Å²) >= 11 is 0. The number of aromatic nitrogens is 1. The van der Waals surface area contributed by atoms with E-state index in [2.05, 4.69) is 21.2 Å². The molecule has 8 nitrogen and oxygen atoms in total. The number of carbonyl (C=O) groups is 2. The largest absolute Gasteiger partial charge is 0.478 e. The Morgan fingerprint density at radius 2 is 2.00 bits per heavy atom. The average Bonchev–Trinajstić information content (AvgIpc) is 3.26. The summed E-state index contributed by atoms with van der Waals surface area (Å²) in [6.07, 6.45) is 12.2. The van der Waals surface area contributed by atoms with Crippen LogP contribution in [0.15, 0.2) is 73.2 Å². The molecule has 9 heteroatoms. The lowest BCUT2D eigenvalue weighted by atomic mass is 10.00. The molecule has 1 aliphatic carbocycles. The third-order valence-electron chi connectivity index (χ3n) is 4.80. The van der Waals surface area contributed by atoms with E-state index in [9.17, 15) is 19.1 Å². The van der Waals surface area contributed by atoms with E-state index in [1.54, 1.807) is 23.5 Å². The van der Waals surface area contributed by atoms with E-state index in [0.29, 0.717) is 23.2 Å². The van der Waals surface area contributed by atoms with Crippen molar-refractivity contribution in [3.8, 4) is 0 Å². The fraction of sp³-hybridized carbons (Fsp3) is 0.0952. The van der Waals surface area contributed by atoms with Crippen LogP contribution in [0, 0.1) is 5.82 Å². The highest BCUT2D eigenvalue weighted by Gasteiger charge is 2.39. The van der Waals surface area contributed by atoms with Gasteiger partial charge in [-0.3, -0.25) is 15.2 Å². The monoisotopic (exact) mass is 407 g/mol. The fourth-order valence-electron chi connectivity index (χ4n) is 3.26. The topological polar surface area (TPSA) is 107 Å². The number of pyridine rings is 1. The van der Waals surface area contributed by atoms with Crippen LogP contribution in [-0.2, 0) is 0 Å². The zero-order valence-electron chi connectivity index (χ0n) is 15.7. The Morgan fingerprint density at radius 1 is 1.20 bits per heavy atom. The molecule has 2 aromatic rings. The number of nitrogens with one attached hydrogen (secondary N) is 3. The van der Waals surface area contributed by atoms with Gasteiger partial charge in [0.1, 0.15) is 5.82 Å². The number of hydrogen-bond donors (Lipinski definition) is 4. The van der Waals surface area contributed by atoms with Crippen molar-refractivity contribution >= 4 is 17.6 Å². The van der Waals surface area contributed by atoms with Crippen molar-refractivity contribution in [1.29, 1.82) is 0 Å². The van der Waals surface area contributed by atoms with E-state index < -0.39 is 17.4 Å². The molecule has 0 bridgehead atoms. The minimum Gasteiger partial charge on any atom is -0.478 e. The predicted octanol–water partition coefficient (Wildman–Crippen LogP) is 2.18. The molecule has 1 aromatic carbocycles. The number of carboxylic acids is 1. The minimum atomic E-state index is -1.08. The summed E-state index contributed by atoms with van der Waals surface area (Å²) in [7, 11) is 0. The van der Waals surface area contributed by atoms with Gasteiger partial charge < -0.3 is 15.8 Å². The van der Waals surface area contributed by atoms with Crippen molar-refractivity contribution in [1.82, 2.24) is 26.3 Å². The Kier molecular flexibility index (Phi) is 5.03. The molecule has 30 heavy (non-hydrogen) atoms. The SMILES string of the molecule is O=C(NC1(N2NC=C(c3cnccc3C(=O)O)N2)C=CC=CC1)c1ccc(F)cc1. The third-order valence-corrected chi connectivity index (χ3v) is 4.80. The standard InChI is InChI=1S/C21H18FN5O3/c22-15-6-4-14(5-7-15)19(28)25-21(9-2-1-3-10-21)27-24-13-18(26-27)17-12-23-11-8-16(17)20(29)30/h1-9,11-13,24,26H,10H2,(H,25,28)(H,29,30). The predicted molar refractivity (Wildman–Crippen MR) is 107 cm³/mol. The summed E-state index contributed by atoms with van der Waals surface area (Å²) in [5.74, 6) is -1.89. The lowest BCUT2D eigenvalue weighted by Gasteiger charge is -2.40. The smallest absolute Gasteiger partial charge is 0.336 e. The van der Waals surface area contributed by atoms with Crippen molar-refractivity contribution in [2.75, 3.05) is 0 Å². The van der Waals surface area contributed by atoms with E-state index >= 15 is 0 Å². The molecule has 152 valence electrons. The summed E-state index contributed by atoms with van der Waals surface area (Å²) < 4.78 is 13.2. The van der Waals surface area contributed by atoms with Gasteiger partial charge in [-0.1, -0.05) is 18.2 Å². The Morgan fingerprint density at radius 3 is 2.70 bits per heavy atom. The Balaban J connectivity index is 1.58. The Bertz CT molecular complexity index is 1080. The molecule has 0 fully saturated rings. The molecule has 1 aromatic heterocycles. The maximum atomic E-state index is 13.2. The van der Waals surface area contributed by atoms with Crippen LogP contribution in [0.25, 0.3) is 5.70 Å². The van der Waals surface area contributed by atoms with Gasteiger partial charge in [-0.05, 0) is 36.4 Å². The number of nitrogens with zero attached hydrogens (tertiary/aromatic N) is 2. The lowest BCUT2D eigenvalue weighted by molar-refractivity contribution is 0.0352. The Hall–Kier alpha value is -3.98. The van der Waals surface area contributed by atoms with Gasteiger partial charge in [-0.2, -0.15) is 0 Å². The van der Waals surface area contributed by atoms with Crippen LogP contribution in [-0.4, -0.2) is 32.7 Å². The number of benzene rings is 1. The second kappa shape index (κ2) is 7.80. The molecule has 1 aliphatic heterocycles. The van der Waals surface area contributed by atoms with E-state index in [4.69, 9.17) is 0 Å². The maximum absolute atomic E-state index is 13.2. The zero-order valence-corrected chi connectivity index (χ0v) is 15.7. The van der Waals surface area contributed by atoms with Crippen LogP contribution in [0.3, 0.4) is 0 Å². The number of halogens is 1. The van der Waals surface area contributed by atoms with Crippen LogP contribution in [0.4, 0.5) is 4.39 Å². The molecular weight excluding hydrogens is 389 g/mol. The van der Waals surface area contributed by atoms with E-state index in [1.165, 1.54) is 42.7 Å². The zero-order chi connectivity index (χ0) is 21.1. The number of hydrazine groups is 2. The highest BCUT2D eigenvalue weighted by atomic mass is 19.1. The van der Waals surface area contributed by atoms with E-state index in [0.717, 1.165) is 0 Å². The number of hydrogen-bond acceptors (Lipinski definition) is 6. The highest BCUT2D eigenvalue weighted by Crippen LogP contribution is 2.26. The summed E-state index contributed by atoms with van der Waals surface area (Å²) in [5.41, 5.74) is 6.42. The average molecular weight is 407 g/mol. The van der Waals surface area contributed by atoms with Gasteiger partial charge in [0.2, 0.25) is 0 Å². The number of amides is 1. The van der Waals surface area contributed by atoms with Crippen LogP contribution < -0.4 is 16.2 Å². The molecule has 4 rings (SSSR count). The highest BCUT2D eigenvalue weighted by molar-refractivity contribution is 5.95. The van der Waals surface area contributed by atoms with Crippen LogP contribution in [0.5, 0.6) is 0 Å². The molecule has 0 radical (unpaired) electrons. The van der Waals surface area contributed by atoms with Crippen molar-refractivity contribution in [3.63, 3.8) is 0 Å². The van der Waals surface area contributed by atoms with Gasteiger partial charge in [0.05, 0.1) is 11.3 Å². The summed E-state index contributed by atoms with van der Waals surface area (Å²) in [6, 6.07) is 6.67. The molecule has 1 atom stereocenters. The van der Waals surface area contributed by atoms with Crippen molar-refractivity contribution in [2.24, 2.45) is 0 Å². The first-order chi connectivity index (χ1) is 14.5. The van der Waals surface area contributed by atoms with Crippen molar-refractivity contribution in [3.05, 3.63) is 95.7 Å². The van der Waals surface area contributed by atoms with Gasteiger partial charge in [0.25, 0.3) is 5.91 Å². The van der Waals surface area contributed by atoms with Gasteiger partial charge in [-0.25, -0.2) is 9.18 Å². The number of rotatable bonds is 5. The van der Waals surface area contributed by atoms with Crippen LogP contribution in [0.1, 0.15) is 32.7 Å². The van der Waals surface area contributed by atoms with Gasteiger partial charge >= 0.3 is 5.97 Å². The number of carboxylic acid groups (broad SMARTS) is 1. The first-order valence-electron chi connectivity index (χ1n) is 9.12. The lowest BCUT2D eigenvalue weighted by Crippen LogP contribution is -2.65. The number of carbonyl (C=O) groups excluding carboxylic acids is 1. The molecule has 1 unspecified atom stereocenters. The second-order valence-electron chi connectivity index (χ2n) is 6.74. The van der Waals surface area contributed by atoms with E-state index in [-0.39, 0.29) is 11.5 Å². The molecule has 0 saturated carbocycles. The normalized spacial score (nSPS) is 20.2. The van der Waals surface area contributed by atoms with Crippen LogP contribution in [0.2, 0.25) is 0 Å². The van der Waals surface area contributed by atoms with Crippen LogP contribution >= 0.6 is 0 Å². The van der Waals surface area contributed by atoms with Gasteiger partial charge in [-0.15, -0.1) is 5.12 Å². The van der Waals surface area contributed by atoms with E-state index in [1.807, 2.05) is 12.2 Å². The molecule has 2 heterocycles. The maximum Gasteiger partial charge on any atom is 0.336 e. The molecule has 0 spiro atoms. The number of allylic oxidation sites excluding steroid dienone is 2. The van der Waals surface area contributed by atoms with Gasteiger partial charge in [0.15, 0.2) is 5.66 Å². The molecule has 2 aliphatic rings. The number of aromatic carboxylic acids is 1. The second-order valence-corrected chi connectivity index (χ2v) is 6.74. The Labute approximate surface area is 171 Å². The molecule has 1 amide bonds. The minimum absolute atomic E-state index is 0.0934. The van der Waals surface area contributed by atoms with Crippen molar-refractivity contribution in [2.45, 2.75) is 12.1 Å². The van der Waals surface area contributed by atoms with Crippen molar-refractivity contribution < 1.29 is 19.1 Å². The third kappa shape index (κ3) is 3.65. The van der Waals surface area contributed by atoms with Gasteiger partial charge in [0, 0.05) is 36.1 Å². The molecule has 4 N–H and O–H groups in total. The quantitative estimate of drug-likeness (QED) is 0.602. The molecule has 0 saturated heterocycles.